The number of nitrogens with zero attached hydrogens (tertiary/aromatic N) is 1. The van der Waals surface area contributed by atoms with Crippen LogP contribution in [-0.4, -0.2) is 27.9 Å². The van der Waals surface area contributed by atoms with Crippen LogP contribution in [0.2, 0.25) is 0 Å². The first-order valence-electron chi connectivity index (χ1n) is 8.26. The predicted octanol–water partition coefficient (Wildman–Crippen LogP) is 3.39. The molecule has 1 aliphatic heterocycles. The summed E-state index contributed by atoms with van der Waals surface area (Å²) in [6, 6.07) is 16.8. The minimum atomic E-state index is -0.896. The van der Waals surface area contributed by atoms with Crippen LogP contribution in [0.5, 0.6) is 0 Å². The molecule has 0 saturated heterocycles. The average Bonchev–Trinajstić information content (AvgIpc) is 3.40. The smallest absolute Gasteiger partial charge is 0.313 e. The van der Waals surface area contributed by atoms with Gasteiger partial charge in [0.05, 0.1) is 5.54 Å². The number of rotatable bonds is 3. The third kappa shape index (κ3) is 1.99. The van der Waals surface area contributed by atoms with E-state index in [0.717, 1.165) is 18.4 Å². The number of hydrogen-bond donors (Lipinski definition) is 1. The van der Waals surface area contributed by atoms with E-state index in [1.807, 2.05) is 42.2 Å². The summed E-state index contributed by atoms with van der Waals surface area (Å²) in [7, 11) is 0. The second-order valence-corrected chi connectivity index (χ2v) is 6.78. The molecule has 0 radical (unpaired) electrons. The van der Waals surface area contributed by atoms with Crippen LogP contribution in [0.3, 0.4) is 0 Å². The predicted molar refractivity (Wildman–Crippen MR) is 89.8 cm³/mol. The Hall–Kier alpha value is -2.62. The monoisotopic (exact) mass is 321 g/mol. The van der Waals surface area contributed by atoms with Crippen molar-refractivity contribution in [2.45, 2.75) is 37.3 Å². The molecule has 1 amide bonds. The molecule has 1 N–H and O–H groups in total. The topological polar surface area (TPSA) is 57.6 Å². The molecular formula is C20H19NO3. The van der Waals surface area contributed by atoms with Gasteiger partial charge in [-0.2, -0.15) is 0 Å². The zero-order valence-corrected chi connectivity index (χ0v) is 13.5. The molecule has 0 spiro atoms. The van der Waals surface area contributed by atoms with E-state index >= 15 is 0 Å². The molecule has 0 aromatic heterocycles. The fourth-order valence-corrected chi connectivity index (χ4v) is 4.06. The molecule has 1 fully saturated rings. The number of aliphatic carboxylic acids is 1. The van der Waals surface area contributed by atoms with Crippen molar-refractivity contribution in [3.8, 4) is 0 Å². The van der Waals surface area contributed by atoms with Crippen LogP contribution in [0, 0.1) is 0 Å². The summed E-state index contributed by atoms with van der Waals surface area (Å²) < 4.78 is 0. The largest absolute Gasteiger partial charge is 0.481 e. The SMILES string of the molecule is CC1(c2ccccc2)C(C(=O)O)c2ccccc2C(=O)N1C1CC1. The molecule has 2 aliphatic rings. The van der Waals surface area contributed by atoms with Crippen LogP contribution < -0.4 is 0 Å². The van der Waals surface area contributed by atoms with Gasteiger partial charge in [0.15, 0.2) is 0 Å². The number of carbonyl (C=O) groups is 2. The molecule has 122 valence electrons. The van der Waals surface area contributed by atoms with Gasteiger partial charge in [-0.25, -0.2) is 0 Å². The van der Waals surface area contributed by atoms with Crippen LogP contribution in [0.1, 0.15) is 47.2 Å². The van der Waals surface area contributed by atoms with Crippen molar-refractivity contribution >= 4 is 11.9 Å². The Morgan fingerprint density at radius 2 is 1.71 bits per heavy atom. The van der Waals surface area contributed by atoms with Crippen LogP contribution in [-0.2, 0) is 10.3 Å². The maximum Gasteiger partial charge on any atom is 0.313 e. The van der Waals surface area contributed by atoms with Gasteiger partial charge in [0.25, 0.3) is 5.91 Å². The zero-order chi connectivity index (χ0) is 16.9. The van der Waals surface area contributed by atoms with Crippen LogP contribution in [0.15, 0.2) is 54.6 Å². The normalized spacial score (nSPS) is 26.1. The van der Waals surface area contributed by atoms with E-state index in [0.29, 0.717) is 11.1 Å². The molecule has 2 aromatic carbocycles. The van der Waals surface area contributed by atoms with E-state index < -0.39 is 17.4 Å². The summed E-state index contributed by atoms with van der Waals surface area (Å²) in [5, 5.41) is 10.1. The van der Waals surface area contributed by atoms with E-state index in [9.17, 15) is 14.7 Å². The first-order chi connectivity index (χ1) is 11.5. The lowest BCUT2D eigenvalue weighted by molar-refractivity contribution is -0.143. The molecule has 2 aromatic rings. The van der Waals surface area contributed by atoms with E-state index in [1.54, 1.807) is 24.3 Å². The van der Waals surface area contributed by atoms with E-state index in [-0.39, 0.29) is 11.9 Å². The molecule has 1 aliphatic carbocycles. The molecule has 24 heavy (non-hydrogen) atoms. The van der Waals surface area contributed by atoms with Gasteiger partial charge >= 0.3 is 5.97 Å². The average molecular weight is 321 g/mol. The Morgan fingerprint density at radius 1 is 1.08 bits per heavy atom. The Kier molecular flexibility index (Phi) is 3.23. The number of benzene rings is 2. The van der Waals surface area contributed by atoms with Crippen molar-refractivity contribution in [3.05, 3.63) is 71.3 Å². The van der Waals surface area contributed by atoms with Gasteiger partial charge in [-0.3, -0.25) is 9.59 Å². The third-order valence-corrected chi connectivity index (χ3v) is 5.30. The highest BCUT2D eigenvalue weighted by atomic mass is 16.4. The molecule has 2 unspecified atom stereocenters. The fourth-order valence-electron chi connectivity index (χ4n) is 4.06. The number of amides is 1. The van der Waals surface area contributed by atoms with Crippen molar-refractivity contribution in [1.82, 2.24) is 4.90 Å². The van der Waals surface area contributed by atoms with Crippen LogP contribution in [0.4, 0.5) is 0 Å². The Bertz CT molecular complexity index is 813. The van der Waals surface area contributed by atoms with Crippen molar-refractivity contribution in [2.24, 2.45) is 0 Å². The maximum absolute atomic E-state index is 13.2. The van der Waals surface area contributed by atoms with Gasteiger partial charge in [-0.05, 0) is 37.0 Å². The highest BCUT2D eigenvalue weighted by molar-refractivity contribution is 6.01. The number of carboxylic acid groups (broad SMARTS) is 1. The van der Waals surface area contributed by atoms with Crippen molar-refractivity contribution in [1.29, 1.82) is 0 Å². The summed E-state index contributed by atoms with van der Waals surface area (Å²) in [6.07, 6.45) is 1.87. The number of carboxylic acids is 1. The summed E-state index contributed by atoms with van der Waals surface area (Å²) >= 11 is 0. The van der Waals surface area contributed by atoms with Gasteiger partial charge in [-0.15, -0.1) is 0 Å². The Labute approximate surface area is 140 Å². The second-order valence-electron chi connectivity index (χ2n) is 6.78. The summed E-state index contributed by atoms with van der Waals surface area (Å²) in [4.78, 5) is 27.3. The lowest BCUT2D eigenvalue weighted by Crippen LogP contribution is -2.57. The Morgan fingerprint density at radius 3 is 2.33 bits per heavy atom. The second kappa shape index (κ2) is 5.20. The van der Waals surface area contributed by atoms with Gasteiger partial charge in [0.2, 0.25) is 0 Å². The van der Waals surface area contributed by atoms with Gasteiger partial charge < -0.3 is 10.0 Å². The molecule has 0 bridgehead atoms. The summed E-state index contributed by atoms with van der Waals surface area (Å²) in [5.41, 5.74) is 1.11. The minimum Gasteiger partial charge on any atom is -0.481 e. The van der Waals surface area contributed by atoms with Gasteiger partial charge in [0.1, 0.15) is 5.92 Å². The molecular weight excluding hydrogens is 302 g/mol. The standard InChI is InChI=1S/C20H19NO3/c1-20(13-7-3-2-4-8-13)17(19(23)24)15-9-5-6-10-16(15)18(22)21(20)14-11-12-14/h2-10,14,17H,11-12H2,1H3,(H,23,24). The van der Waals surface area contributed by atoms with Crippen molar-refractivity contribution in [3.63, 3.8) is 0 Å². The molecule has 4 rings (SSSR count). The van der Waals surface area contributed by atoms with Crippen LogP contribution >= 0.6 is 0 Å². The summed E-state index contributed by atoms with van der Waals surface area (Å²) in [6.45, 7) is 1.90. The number of carbonyl (C=O) groups excluding carboxylic acids is 1. The number of fused-ring (bicyclic) bond motifs is 1. The quantitative estimate of drug-likeness (QED) is 0.943. The molecule has 4 heteroatoms. The molecule has 4 nitrogen and oxygen atoms in total. The highest BCUT2D eigenvalue weighted by Gasteiger charge is 2.56. The first kappa shape index (κ1) is 14.9. The van der Waals surface area contributed by atoms with Gasteiger partial charge in [0, 0.05) is 11.6 Å². The highest BCUT2D eigenvalue weighted by Crippen LogP contribution is 2.51. The molecule has 2 atom stereocenters. The Balaban J connectivity index is 2.01. The fraction of sp³-hybridized carbons (Fsp3) is 0.300. The molecule has 1 saturated carbocycles. The third-order valence-electron chi connectivity index (χ3n) is 5.30. The number of hydrogen-bond acceptors (Lipinski definition) is 2. The first-order valence-corrected chi connectivity index (χ1v) is 8.26. The zero-order valence-electron chi connectivity index (χ0n) is 13.5. The van der Waals surface area contributed by atoms with Gasteiger partial charge in [-0.1, -0.05) is 48.5 Å². The molecule has 1 heterocycles. The minimum absolute atomic E-state index is 0.0584. The maximum atomic E-state index is 13.2. The van der Waals surface area contributed by atoms with Crippen molar-refractivity contribution < 1.29 is 14.7 Å². The van der Waals surface area contributed by atoms with E-state index in [2.05, 4.69) is 0 Å². The summed E-state index contributed by atoms with van der Waals surface area (Å²) in [5.74, 6) is -1.74. The van der Waals surface area contributed by atoms with E-state index in [1.165, 1.54) is 0 Å². The van der Waals surface area contributed by atoms with Crippen LogP contribution in [0.25, 0.3) is 0 Å². The van der Waals surface area contributed by atoms with Crippen molar-refractivity contribution in [2.75, 3.05) is 0 Å². The lowest BCUT2D eigenvalue weighted by atomic mass is 9.70. The lowest BCUT2D eigenvalue weighted by Gasteiger charge is -2.49. The van der Waals surface area contributed by atoms with E-state index in [4.69, 9.17) is 0 Å².